The van der Waals surface area contributed by atoms with Crippen molar-refractivity contribution < 1.29 is 12.8 Å². The van der Waals surface area contributed by atoms with Gasteiger partial charge in [-0.15, -0.1) is 0 Å². The minimum absolute atomic E-state index is 0.625. The first-order valence-corrected chi connectivity index (χ1v) is 5.94. The van der Waals surface area contributed by atoms with Crippen molar-refractivity contribution in [1.82, 2.24) is 0 Å². The number of benzene rings is 1. The molecule has 0 radical (unpaired) electrons. The van der Waals surface area contributed by atoms with Gasteiger partial charge in [0.05, 0.1) is 0 Å². The van der Waals surface area contributed by atoms with Crippen molar-refractivity contribution >= 4 is 44.6 Å². The third-order valence-electron chi connectivity index (χ3n) is 1.43. The Labute approximate surface area is 95.5 Å². The minimum Gasteiger partial charge on any atom is -0.219 e. The fourth-order valence-corrected chi connectivity index (χ4v) is 2.37. The van der Waals surface area contributed by atoms with E-state index in [9.17, 15) is 12.8 Å². The van der Waals surface area contributed by atoms with Crippen LogP contribution < -0.4 is 0 Å². The van der Waals surface area contributed by atoms with E-state index in [0.717, 1.165) is 12.1 Å². The van der Waals surface area contributed by atoms with Gasteiger partial charge in [-0.1, -0.05) is 46.9 Å². The highest BCUT2D eigenvalue weighted by Gasteiger charge is 2.40. The molecule has 0 atom stereocenters. The number of sulfone groups is 1. The molecule has 7 heteroatoms. The van der Waals surface area contributed by atoms with Gasteiger partial charge in [0.1, 0.15) is 10.7 Å². The van der Waals surface area contributed by atoms with Crippen LogP contribution in [0, 0.1) is 5.82 Å². The van der Waals surface area contributed by atoms with Gasteiger partial charge in [0.15, 0.2) is 0 Å². The van der Waals surface area contributed by atoms with Crippen LogP contribution in [0.25, 0.3) is 0 Å². The minimum atomic E-state index is -4.29. The molecule has 0 saturated carbocycles. The Morgan fingerprint density at radius 3 is 2.07 bits per heavy atom. The normalized spacial score (nSPS) is 12.9. The summed E-state index contributed by atoms with van der Waals surface area (Å²) in [6.07, 6.45) is 0. The maximum atomic E-state index is 13.1. The van der Waals surface area contributed by atoms with Crippen LogP contribution in [-0.2, 0) is 9.84 Å². The molecule has 0 aromatic heterocycles. The van der Waals surface area contributed by atoms with Crippen molar-refractivity contribution in [3.63, 3.8) is 0 Å². The summed E-state index contributed by atoms with van der Waals surface area (Å²) < 4.78 is 33.4. The second kappa shape index (κ2) is 3.85. The number of alkyl halides is 3. The summed E-state index contributed by atoms with van der Waals surface area (Å²) in [6, 6.07) is 4.69. The lowest BCUT2D eigenvalue weighted by molar-refractivity contribution is 0.567. The van der Waals surface area contributed by atoms with E-state index in [1.165, 1.54) is 12.1 Å². The zero-order valence-electron chi connectivity index (χ0n) is 6.55. The van der Waals surface area contributed by atoms with Crippen molar-refractivity contribution in [3.8, 4) is 0 Å². The van der Waals surface area contributed by atoms with Gasteiger partial charge >= 0.3 is 0 Å². The van der Waals surface area contributed by atoms with E-state index < -0.39 is 23.7 Å². The zero-order chi connectivity index (χ0) is 11.0. The lowest BCUT2D eigenvalue weighted by atomic mass is 10.4. The van der Waals surface area contributed by atoms with E-state index in [0.29, 0.717) is 0 Å². The van der Waals surface area contributed by atoms with Crippen LogP contribution in [-0.4, -0.2) is 11.5 Å². The van der Waals surface area contributed by atoms with Crippen LogP contribution >= 0.6 is 34.8 Å². The number of rotatable bonds is 1. The van der Waals surface area contributed by atoms with Gasteiger partial charge in [0.2, 0.25) is 9.84 Å². The maximum Gasteiger partial charge on any atom is 0.297 e. The van der Waals surface area contributed by atoms with E-state index in [1.54, 1.807) is 0 Å². The van der Waals surface area contributed by atoms with Crippen LogP contribution in [0.1, 0.15) is 0 Å². The summed E-state index contributed by atoms with van der Waals surface area (Å²) in [5, 5.41) is 0. The van der Waals surface area contributed by atoms with Crippen LogP contribution in [0.3, 0.4) is 0 Å². The lowest BCUT2D eigenvalue weighted by Gasteiger charge is -2.12. The Balaban J connectivity index is 3.40. The first-order chi connectivity index (χ1) is 6.27. The molecule has 2 nitrogen and oxygen atoms in total. The smallest absolute Gasteiger partial charge is 0.219 e. The van der Waals surface area contributed by atoms with Gasteiger partial charge in [0, 0.05) is 0 Å². The topological polar surface area (TPSA) is 34.1 Å². The SMILES string of the molecule is O=S(=O)(c1ccccc1F)C(Cl)(Cl)Cl. The molecular formula is C7H4Cl3FO2S. The molecule has 14 heavy (non-hydrogen) atoms. The number of hydrogen-bond acceptors (Lipinski definition) is 2. The van der Waals surface area contributed by atoms with Crippen molar-refractivity contribution in [2.45, 2.75) is 8.02 Å². The molecule has 0 amide bonds. The molecule has 0 N–H and O–H groups in total. The first-order valence-electron chi connectivity index (χ1n) is 3.32. The van der Waals surface area contributed by atoms with E-state index in [-0.39, 0.29) is 0 Å². The average molecular weight is 278 g/mol. The van der Waals surface area contributed by atoms with Gasteiger partial charge in [-0.3, -0.25) is 0 Å². The molecule has 1 aromatic rings. The van der Waals surface area contributed by atoms with Gasteiger partial charge in [-0.05, 0) is 12.1 Å². The van der Waals surface area contributed by atoms with E-state index in [4.69, 9.17) is 34.8 Å². The standard InChI is InChI=1S/C7H4Cl3FO2S/c8-7(9,10)14(12,13)6-4-2-1-3-5(6)11/h1-4H. The molecule has 0 fully saturated rings. The molecule has 0 heterocycles. The van der Waals surface area contributed by atoms with Crippen molar-refractivity contribution in [3.05, 3.63) is 30.1 Å². The average Bonchev–Trinajstić information content (AvgIpc) is 2.02. The van der Waals surface area contributed by atoms with E-state index in [2.05, 4.69) is 0 Å². The molecule has 0 unspecified atom stereocenters. The van der Waals surface area contributed by atoms with Gasteiger partial charge < -0.3 is 0 Å². The quantitative estimate of drug-likeness (QED) is 0.740. The summed E-state index contributed by atoms with van der Waals surface area (Å²) in [5.41, 5.74) is 0. The first kappa shape index (κ1) is 12.0. The fourth-order valence-electron chi connectivity index (χ4n) is 0.787. The Kier molecular flexibility index (Phi) is 3.31. The molecule has 1 aromatic carbocycles. The van der Waals surface area contributed by atoms with Gasteiger partial charge in [-0.25, -0.2) is 12.8 Å². The summed E-state index contributed by atoms with van der Waals surface area (Å²) in [4.78, 5) is -0.625. The molecule has 0 aliphatic carbocycles. The maximum absolute atomic E-state index is 13.1. The Morgan fingerprint density at radius 1 is 1.14 bits per heavy atom. The number of hydrogen-bond donors (Lipinski definition) is 0. The monoisotopic (exact) mass is 276 g/mol. The van der Waals surface area contributed by atoms with Crippen molar-refractivity contribution in [1.29, 1.82) is 0 Å². The predicted molar refractivity (Wildman–Crippen MR) is 53.9 cm³/mol. The zero-order valence-corrected chi connectivity index (χ0v) is 9.63. The molecule has 78 valence electrons. The highest BCUT2D eigenvalue weighted by molar-refractivity contribution is 7.97. The van der Waals surface area contributed by atoms with Crippen LogP contribution in [0.5, 0.6) is 0 Å². The predicted octanol–water partition coefficient (Wildman–Crippen LogP) is 2.93. The molecule has 0 aliphatic heterocycles. The van der Waals surface area contributed by atoms with Gasteiger partial charge in [0.25, 0.3) is 3.12 Å². The lowest BCUT2D eigenvalue weighted by Crippen LogP contribution is -2.20. The largest absolute Gasteiger partial charge is 0.297 e. The summed E-state index contributed by atoms with van der Waals surface area (Å²) in [5.74, 6) is -0.946. The van der Waals surface area contributed by atoms with Crippen LogP contribution in [0.2, 0.25) is 0 Å². The van der Waals surface area contributed by atoms with E-state index in [1.807, 2.05) is 0 Å². The highest BCUT2D eigenvalue weighted by Crippen LogP contribution is 2.38. The molecule has 0 spiro atoms. The highest BCUT2D eigenvalue weighted by atomic mass is 35.6. The van der Waals surface area contributed by atoms with Gasteiger partial charge in [-0.2, -0.15) is 0 Å². The third kappa shape index (κ3) is 2.14. The Morgan fingerprint density at radius 2 is 1.64 bits per heavy atom. The second-order valence-electron chi connectivity index (χ2n) is 2.38. The van der Waals surface area contributed by atoms with Crippen LogP contribution in [0.15, 0.2) is 29.2 Å². The Hall–Kier alpha value is -0.0300. The molecule has 0 bridgehead atoms. The fraction of sp³-hybridized carbons (Fsp3) is 0.143. The number of halogens is 4. The van der Waals surface area contributed by atoms with Crippen molar-refractivity contribution in [2.24, 2.45) is 0 Å². The summed E-state index contributed by atoms with van der Waals surface area (Å²) in [6.45, 7) is 0. The molecular weight excluding hydrogens is 273 g/mol. The summed E-state index contributed by atoms with van der Waals surface area (Å²) in [7, 11) is -4.29. The van der Waals surface area contributed by atoms with Crippen LogP contribution in [0.4, 0.5) is 4.39 Å². The molecule has 1 rings (SSSR count). The summed E-state index contributed by atoms with van der Waals surface area (Å²) >= 11 is 15.6. The Bertz CT molecular complexity index is 438. The third-order valence-corrected chi connectivity index (χ3v) is 4.78. The molecule has 0 saturated heterocycles. The van der Waals surface area contributed by atoms with Crippen molar-refractivity contribution in [2.75, 3.05) is 0 Å². The second-order valence-corrected chi connectivity index (χ2v) is 7.39. The van der Waals surface area contributed by atoms with E-state index >= 15 is 0 Å². The molecule has 0 aliphatic rings.